The van der Waals surface area contributed by atoms with Crippen LogP contribution in [0.3, 0.4) is 0 Å². The SMILES string of the molecule is CC(C)C[C@@H]1NC(=O)[C@H](Cc2ccccc2)NC(=O)[C@@H](CC(C)C)NC(=O)[C@@H](C(C)C)NC(=O)[C@@H](CC(C)C)NC(=O)[C@H](CC(C)C)NC(=O)[C@H](Cc2ccccc2)NC(=O)[C@@H](CC(C)C)NC(=O)[C@@H](C(C)C)NC(=O)[C@@H](CC(C)C)NC1=O. The van der Waals surface area contributed by atoms with Gasteiger partial charge in [-0.25, -0.2) is 0 Å². The monoisotopic (exact) mass is 1170 g/mol. The summed E-state index contributed by atoms with van der Waals surface area (Å²) >= 11 is 0. The Kier molecular flexibility index (Phi) is 29.6. The Morgan fingerprint density at radius 2 is 0.429 bits per heavy atom. The minimum atomic E-state index is -1.27. The van der Waals surface area contributed by atoms with Gasteiger partial charge in [-0.1, -0.05) is 171 Å². The minimum Gasteiger partial charge on any atom is -0.343 e. The molecule has 10 atom stereocenters. The van der Waals surface area contributed by atoms with E-state index in [9.17, 15) is 47.9 Å². The van der Waals surface area contributed by atoms with Gasteiger partial charge >= 0.3 is 0 Å². The van der Waals surface area contributed by atoms with Gasteiger partial charge in [0.2, 0.25) is 59.1 Å². The van der Waals surface area contributed by atoms with Gasteiger partial charge in [0.25, 0.3) is 0 Å². The van der Waals surface area contributed by atoms with Crippen molar-refractivity contribution in [2.75, 3.05) is 0 Å². The van der Waals surface area contributed by atoms with Crippen molar-refractivity contribution in [2.45, 2.75) is 223 Å². The molecule has 0 bridgehead atoms. The highest BCUT2D eigenvalue weighted by Gasteiger charge is 2.39. The van der Waals surface area contributed by atoms with E-state index in [-0.39, 0.29) is 86.9 Å². The maximum atomic E-state index is 14.7. The topological polar surface area (TPSA) is 291 Å². The summed E-state index contributed by atoms with van der Waals surface area (Å²) in [5, 5.41) is 28.6. The van der Waals surface area contributed by atoms with Gasteiger partial charge in [-0.2, -0.15) is 0 Å². The number of nitrogens with one attached hydrogen (secondary N) is 10. The van der Waals surface area contributed by atoms with Crippen molar-refractivity contribution < 1.29 is 47.9 Å². The molecule has 3 rings (SSSR count). The average Bonchev–Trinajstić information content (AvgIpc) is 3.36. The fourth-order valence-corrected chi connectivity index (χ4v) is 10.1. The van der Waals surface area contributed by atoms with Gasteiger partial charge in [-0.15, -0.1) is 0 Å². The van der Waals surface area contributed by atoms with Crippen molar-refractivity contribution in [3.63, 3.8) is 0 Å². The standard InChI is InChI=1S/C64H102N10O10/c1-35(2)27-45-55(75)67-49(31-39(9)10)61(81)73-53(41(13)14)63(83)72-48(30-38(7)8)58(78)70-52(34-44-25-21-18-22-26-44)60(80)66-46(28-36(3)4)56(76)68-50(32-40(11)12)62(82)74-54(42(15)16)64(84)71-47(29-37(5)6)57(77)69-51(59(79)65-45)33-43-23-19-17-20-24-43/h17-26,35-42,45-54H,27-34H2,1-16H3,(H,65,79)(H,66,80)(H,67,75)(H,68,76)(H,69,77)(H,70,78)(H,71,84)(H,72,83)(H,73,81)(H,74,82)/t45-,46-,47+,48+,49+,50+,51-,52-,53+,54+/m0/s1. The third kappa shape index (κ3) is 24.8. The van der Waals surface area contributed by atoms with E-state index in [2.05, 4.69) is 53.2 Å². The summed E-state index contributed by atoms with van der Waals surface area (Å²) in [4.78, 5) is 146. The lowest BCUT2D eigenvalue weighted by molar-refractivity contribution is -0.137. The molecule has 2 aromatic rings. The Morgan fingerprint density at radius 1 is 0.250 bits per heavy atom. The first-order valence-corrected chi connectivity index (χ1v) is 30.5. The van der Waals surface area contributed by atoms with Crippen molar-refractivity contribution in [3.05, 3.63) is 71.8 Å². The van der Waals surface area contributed by atoms with Crippen LogP contribution in [-0.4, -0.2) is 119 Å². The molecule has 0 radical (unpaired) electrons. The van der Waals surface area contributed by atoms with Crippen LogP contribution in [-0.2, 0) is 60.8 Å². The first-order chi connectivity index (χ1) is 39.3. The highest BCUT2D eigenvalue weighted by Crippen LogP contribution is 2.17. The van der Waals surface area contributed by atoms with Crippen LogP contribution >= 0.6 is 0 Å². The van der Waals surface area contributed by atoms with Crippen molar-refractivity contribution in [1.29, 1.82) is 0 Å². The number of hydrogen-bond donors (Lipinski definition) is 10. The fraction of sp³-hybridized carbons (Fsp3) is 0.656. The second-order valence-electron chi connectivity index (χ2n) is 26.1. The first-order valence-electron chi connectivity index (χ1n) is 30.5. The van der Waals surface area contributed by atoms with Crippen LogP contribution in [0.25, 0.3) is 0 Å². The molecule has 1 aliphatic rings. The maximum absolute atomic E-state index is 14.7. The van der Waals surface area contributed by atoms with Crippen molar-refractivity contribution in [1.82, 2.24) is 53.2 Å². The molecule has 1 fully saturated rings. The summed E-state index contributed by atoms with van der Waals surface area (Å²) in [6, 6.07) is 5.81. The molecule has 1 heterocycles. The van der Waals surface area contributed by atoms with E-state index < -0.39 is 131 Å². The largest absolute Gasteiger partial charge is 0.343 e. The maximum Gasteiger partial charge on any atom is 0.243 e. The summed E-state index contributed by atoms with van der Waals surface area (Å²) in [5.74, 6) is -8.73. The van der Waals surface area contributed by atoms with Crippen LogP contribution in [0, 0.1) is 47.3 Å². The Bertz CT molecular complexity index is 2310. The van der Waals surface area contributed by atoms with Crippen LogP contribution in [0.15, 0.2) is 60.7 Å². The molecule has 0 spiro atoms. The Balaban J connectivity index is 2.29. The van der Waals surface area contributed by atoms with E-state index in [0.29, 0.717) is 11.1 Å². The highest BCUT2D eigenvalue weighted by atomic mass is 16.2. The Hall–Kier alpha value is -6.86. The molecule has 0 unspecified atom stereocenters. The molecule has 20 heteroatoms. The van der Waals surface area contributed by atoms with Crippen LogP contribution in [0.4, 0.5) is 0 Å². The Morgan fingerprint density at radius 3 is 0.631 bits per heavy atom. The third-order valence-electron chi connectivity index (χ3n) is 14.4. The predicted octanol–water partition coefficient (Wildman–Crippen LogP) is 4.92. The summed E-state index contributed by atoms with van der Waals surface area (Å²) in [5.41, 5.74) is 1.38. The summed E-state index contributed by atoms with van der Waals surface area (Å²) in [6.45, 7) is 29.4. The van der Waals surface area contributed by atoms with E-state index in [0.717, 1.165) is 0 Å². The van der Waals surface area contributed by atoms with Gasteiger partial charge in [-0.3, -0.25) is 47.9 Å². The van der Waals surface area contributed by atoms with Crippen molar-refractivity contribution in [3.8, 4) is 0 Å². The second-order valence-corrected chi connectivity index (χ2v) is 26.1. The molecule has 2 aromatic carbocycles. The van der Waals surface area contributed by atoms with Gasteiger partial charge in [0.1, 0.15) is 60.4 Å². The first kappa shape index (κ1) is 71.4. The molecule has 1 saturated heterocycles. The van der Waals surface area contributed by atoms with Gasteiger partial charge in [0.05, 0.1) is 0 Å². The number of carbonyl (C=O) groups excluding carboxylic acids is 10. The quantitative estimate of drug-likeness (QED) is 0.0961. The normalized spacial score (nSPS) is 25.0. The zero-order valence-electron chi connectivity index (χ0n) is 52.9. The van der Waals surface area contributed by atoms with Crippen molar-refractivity contribution in [2.24, 2.45) is 47.3 Å². The lowest BCUT2D eigenvalue weighted by Crippen LogP contribution is -2.62. The fourth-order valence-electron chi connectivity index (χ4n) is 10.1. The number of hydrogen-bond acceptors (Lipinski definition) is 10. The number of benzene rings is 2. The molecule has 0 aromatic heterocycles. The Labute approximate surface area is 500 Å². The number of rotatable bonds is 18. The molecular weight excluding hydrogens is 1070 g/mol. The zero-order valence-corrected chi connectivity index (χ0v) is 52.9. The lowest BCUT2D eigenvalue weighted by Gasteiger charge is -2.31. The number of carbonyl (C=O) groups is 10. The molecule has 468 valence electrons. The predicted molar refractivity (Wildman–Crippen MR) is 326 cm³/mol. The molecule has 10 N–H and O–H groups in total. The highest BCUT2D eigenvalue weighted by molar-refractivity contribution is 5.99. The van der Waals surface area contributed by atoms with E-state index in [1.165, 1.54) is 0 Å². The van der Waals surface area contributed by atoms with Crippen LogP contribution in [0.2, 0.25) is 0 Å². The lowest BCUT2D eigenvalue weighted by atomic mass is 9.96. The van der Waals surface area contributed by atoms with Crippen molar-refractivity contribution >= 4 is 59.1 Å². The third-order valence-corrected chi connectivity index (χ3v) is 14.4. The van der Waals surface area contributed by atoms with E-state index in [1.54, 1.807) is 76.2 Å². The van der Waals surface area contributed by atoms with Gasteiger partial charge < -0.3 is 53.2 Å². The molecular formula is C64H102N10O10. The molecule has 0 saturated carbocycles. The minimum absolute atomic E-state index is 0.00287. The molecule has 0 aliphatic carbocycles. The molecule has 10 amide bonds. The average molecular weight is 1170 g/mol. The summed E-state index contributed by atoms with van der Waals surface area (Å²) < 4.78 is 0. The molecule has 1 aliphatic heterocycles. The summed E-state index contributed by atoms with van der Waals surface area (Å²) in [7, 11) is 0. The van der Waals surface area contributed by atoms with Crippen LogP contribution in [0.1, 0.15) is 160 Å². The van der Waals surface area contributed by atoms with E-state index in [4.69, 9.17) is 0 Å². The van der Waals surface area contributed by atoms with Gasteiger partial charge in [-0.05, 0) is 97.0 Å². The van der Waals surface area contributed by atoms with E-state index in [1.807, 2.05) is 95.2 Å². The van der Waals surface area contributed by atoms with Gasteiger partial charge in [0, 0.05) is 12.8 Å². The van der Waals surface area contributed by atoms with Gasteiger partial charge in [0.15, 0.2) is 0 Å². The van der Waals surface area contributed by atoms with E-state index >= 15 is 0 Å². The molecule has 84 heavy (non-hydrogen) atoms. The van der Waals surface area contributed by atoms with Crippen LogP contribution < -0.4 is 53.2 Å². The summed E-state index contributed by atoms with van der Waals surface area (Å²) in [6.07, 6.45) is 0.827. The number of amides is 10. The van der Waals surface area contributed by atoms with Crippen LogP contribution in [0.5, 0.6) is 0 Å². The second kappa shape index (κ2) is 34.8. The smallest absolute Gasteiger partial charge is 0.243 e. The molecule has 20 nitrogen and oxygen atoms in total. The zero-order chi connectivity index (χ0) is 63.1.